The minimum Gasteiger partial charge on any atom is -0.486 e. The Balaban J connectivity index is 2.24. The molecule has 0 bridgehead atoms. The lowest BCUT2D eigenvalue weighted by Crippen LogP contribution is -2.16. The lowest BCUT2D eigenvalue weighted by atomic mass is 9.90. The van der Waals surface area contributed by atoms with Gasteiger partial charge < -0.3 is 9.84 Å². The zero-order chi connectivity index (χ0) is 15.4. The summed E-state index contributed by atoms with van der Waals surface area (Å²) in [7, 11) is 0. The predicted molar refractivity (Wildman–Crippen MR) is 83.5 cm³/mol. The molecule has 1 saturated carbocycles. The van der Waals surface area contributed by atoms with Crippen LogP contribution < -0.4 is 4.74 Å². The Labute approximate surface area is 132 Å². The number of halogens is 1. The first-order valence-corrected chi connectivity index (χ1v) is 8.07. The van der Waals surface area contributed by atoms with Crippen LogP contribution in [0.25, 0.3) is 0 Å². The third kappa shape index (κ3) is 4.17. The number of benzene rings is 1. The van der Waals surface area contributed by atoms with Crippen LogP contribution >= 0.6 is 15.9 Å². The van der Waals surface area contributed by atoms with E-state index in [-0.39, 0.29) is 11.4 Å². The molecule has 0 aromatic heterocycles. The van der Waals surface area contributed by atoms with Gasteiger partial charge in [-0.1, -0.05) is 35.2 Å². The average Bonchev–Trinajstić information content (AvgIpc) is 2.46. The van der Waals surface area contributed by atoms with Crippen molar-refractivity contribution in [3.63, 3.8) is 0 Å². The lowest BCUT2D eigenvalue weighted by Gasteiger charge is -2.22. The molecular formula is C15H20BrNO4. The van der Waals surface area contributed by atoms with E-state index < -0.39 is 11.0 Å². The fourth-order valence-electron chi connectivity index (χ4n) is 2.76. The zero-order valence-corrected chi connectivity index (χ0v) is 13.6. The van der Waals surface area contributed by atoms with Gasteiger partial charge in [0.15, 0.2) is 0 Å². The minimum atomic E-state index is -0.817. The monoisotopic (exact) mass is 357 g/mol. The van der Waals surface area contributed by atoms with Crippen molar-refractivity contribution in [3.05, 3.63) is 32.3 Å². The number of rotatable bonds is 5. The largest absolute Gasteiger partial charge is 0.486 e. The van der Waals surface area contributed by atoms with Gasteiger partial charge in [0.05, 0.1) is 17.6 Å². The number of hydrogen-bond donors (Lipinski definition) is 1. The topological polar surface area (TPSA) is 72.6 Å². The molecule has 0 radical (unpaired) electrons. The van der Waals surface area contributed by atoms with E-state index in [0.717, 1.165) is 12.8 Å². The molecule has 21 heavy (non-hydrogen) atoms. The van der Waals surface area contributed by atoms with Gasteiger partial charge in [0.25, 0.3) is 0 Å². The number of nitro benzene ring substituents is 1. The van der Waals surface area contributed by atoms with Crippen LogP contribution in [0.2, 0.25) is 0 Å². The smallest absolute Gasteiger partial charge is 0.312 e. The highest BCUT2D eigenvalue weighted by Crippen LogP contribution is 2.38. The van der Waals surface area contributed by atoms with Gasteiger partial charge in [0.2, 0.25) is 5.75 Å². The maximum atomic E-state index is 11.2. The van der Waals surface area contributed by atoms with E-state index in [9.17, 15) is 15.2 Å². The quantitative estimate of drug-likeness (QED) is 0.627. The lowest BCUT2D eigenvalue weighted by molar-refractivity contribution is -0.386. The van der Waals surface area contributed by atoms with Gasteiger partial charge in [-0.05, 0) is 31.7 Å². The van der Waals surface area contributed by atoms with Crippen molar-refractivity contribution < 1.29 is 14.8 Å². The van der Waals surface area contributed by atoms with Crippen molar-refractivity contribution in [3.8, 4) is 5.75 Å². The molecule has 6 heteroatoms. The molecule has 2 rings (SSSR count). The maximum Gasteiger partial charge on any atom is 0.312 e. The normalized spacial score (nSPS) is 17.5. The summed E-state index contributed by atoms with van der Waals surface area (Å²) >= 11 is 3.24. The van der Waals surface area contributed by atoms with Gasteiger partial charge in [-0.15, -0.1) is 0 Å². The zero-order valence-electron chi connectivity index (χ0n) is 12.0. The van der Waals surface area contributed by atoms with Crippen LogP contribution in [0.4, 0.5) is 5.69 Å². The molecule has 0 saturated heterocycles. The van der Waals surface area contributed by atoms with Crippen LogP contribution in [0, 0.1) is 16.0 Å². The molecule has 5 nitrogen and oxygen atoms in total. The minimum absolute atomic E-state index is 0.101. The second-order valence-electron chi connectivity index (χ2n) is 5.59. The number of hydrogen-bond acceptors (Lipinski definition) is 4. The standard InChI is InChI=1S/C15H20BrNO4/c1-10(18)13-7-12(16)8-14(17(19)20)15(13)21-9-11-5-3-2-4-6-11/h7-8,10-11,18H,2-6,9H2,1H3/t10-/m1/s1. The molecule has 1 aromatic carbocycles. The molecule has 1 N–H and O–H groups in total. The van der Waals surface area contributed by atoms with Crippen LogP contribution in [0.5, 0.6) is 5.75 Å². The summed E-state index contributed by atoms with van der Waals surface area (Å²) in [6.07, 6.45) is 5.04. The molecule has 1 aromatic rings. The summed E-state index contributed by atoms with van der Waals surface area (Å²) in [6, 6.07) is 3.09. The summed E-state index contributed by atoms with van der Waals surface area (Å²) in [4.78, 5) is 10.8. The number of aliphatic hydroxyl groups excluding tert-OH is 1. The molecule has 1 fully saturated rings. The van der Waals surface area contributed by atoms with Crippen molar-refractivity contribution >= 4 is 21.6 Å². The van der Waals surface area contributed by atoms with Gasteiger partial charge in [0, 0.05) is 16.1 Å². The summed E-state index contributed by atoms with van der Waals surface area (Å²) in [5.41, 5.74) is 0.350. The molecule has 0 amide bonds. The number of nitrogens with zero attached hydrogens (tertiary/aromatic N) is 1. The SMILES string of the molecule is C[C@@H](O)c1cc(Br)cc([N+](=O)[O-])c1OCC1CCCCC1. The van der Waals surface area contributed by atoms with Crippen LogP contribution in [-0.2, 0) is 0 Å². The third-order valence-electron chi connectivity index (χ3n) is 3.90. The van der Waals surface area contributed by atoms with Crippen molar-refractivity contribution in [2.75, 3.05) is 6.61 Å². The Kier molecular flexibility index (Phi) is 5.58. The van der Waals surface area contributed by atoms with Gasteiger partial charge >= 0.3 is 5.69 Å². The first kappa shape index (κ1) is 16.2. The highest BCUT2D eigenvalue weighted by molar-refractivity contribution is 9.10. The van der Waals surface area contributed by atoms with Crippen LogP contribution in [0.1, 0.15) is 50.7 Å². The van der Waals surface area contributed by atoms with E-state index in [1.807, 2.05) is 0 Å². The van der Waals surface area contributed by atoms with Crippen LogP contribution in [0.3, 0.4) is 0 Å². The second-order valence-corrected chi connectivity index (χ2v) is 6.51. The molecule has 0 heterocycles. The van der Waals surface area contributed by atoms with Crippen LogP contribution in [0.15, 0.2) is 16.6 Å². The summed E-state index contributed by atoms with van der Waals surface area (Å²) in [5.74, 6) is 0.646. The first-order chi connectivity index (χ1) is 9.99. The fourth-order valence-corrected chi connectivity index (χ4v) is 3.22. The molecule has 116 valence electrons. The van der Waals surface area contributed by atoms with Crippen molar-refractivity contribution in [2.45, 2.75) is 45.1 Å². The van der Waals surface area contributed by atoms with Crippen molar-refractivity contribution in [1.29, 1.82) is 0 Å². The number of aliphatic hydroxyl groups is 1. The fraction of sp³-hybridized carbons (Fsp3) is 0.600. The highest BCUT2D eigenvalue weighted by atomic mass is 79.9. The van der Waals surface area contributed by atoms with Gasteiger partial charge in [-0.25, -0.2) is 0 Å². The highest BCUT2D eigenvalue weighted by Gasteiger charge is 2.24. The average molecular weight is 358 g/mol. The maximum absolute atomic E-state index is 11.2. The molecule has 1 aliphatic carbocycles. The summed E-state index contributed by atoms with van der Waals surface area (Å²) < 4.78 is 6.33. The Morgan fingerprint density at radius 3 is 2.67 bits per heavy atom. The van der Waals surface area contributed by atoms with E-state index in [2.05, 4.69) is 15.9 Å². The molecular weight excluding hydrogens is 338 g/mol. The van der Waals surface area contributed by atoms with E-state index in [0.29, 0.717) is 22.6 Å². The predicted octanol–water partition coefficient (Wildman–Crippen LogP) is 4.37. The molecule has 0 unspecified atom stereocenters. The van der Waals surface area contributed by atoms with E-state index in [4.69, 9.17) is 4.74 Å². The van der Waals surface area contributed by atoms with E-state index in [1.54, 1.807) is 13.0 Å². The molecule has 0 aliphatic heterocycles. The van der Waals surface area contributed by atoms with Gasteiger partial charge in [-0.3, -0.25) is 10.1 Å². The van der Waals surface area contributed by atoms with E-state index in [1.165, 1.54) is 25.3 Å². The molecule has 1 atom stereocenters. The van der Waals surface area contributed by atoms with Crippen molar-refractivity contribution in [1.82, 2.24) is 0 Å². The Morgan fingerprint density at radius 1 is 1.43 bits per heavy atom. The molecule has 1 aliphatic rings. The number of nitro groups is 1. The third-order valence-corrected chi connectivity index (χ3v) is 4.36. The first-order valence-electron chi connectivity index (χ1n) is 7.27. The van der Waals surface area contributed by atoms with Crippen LogP contribution in [-0.4, -0.2) is 16.6 Å². The summed E-state index contributed by atoms with van der Waals surface area (Å²) in [5, 5.41) is 21.1. The Morgan fingerprint density at radius 2 is 2.10 bits per heavy atom. The Hall–Kier alpha value is -1.14. The summed E-state index contributed by atoms with van der Waals surface area (Å²) in [6.45, 7) is 2.06. The Bertz CT molecular complexity index is 513. The molecule has 0 spiro atoms. The van der Waals surface area contributed by atoms with Gasteiger partial charge in [-0.2, -0.15) is 0 Å². The number of ether oxygens (including phenoxy) is 1. The second kappa shape index (κ2) is 7.22. The van der Waals surface area contributed by atoms with E-state index >= 15 is 0 Å². The van der Waals surface area contributed by atoms with Crippen molar-refractivity contribution in [2.24, 2.45) is 5.92 Å². The van der Waals surface area contributed by atoms with Gasteiger partial charge in [0.1, 0.15) is 0 Å².